The minimum absolute atomic E-state index is 0.378. The highest BCUT2D eigenvalue weighted by Gasteiger charge is 2.05. The molecule has 0 saturated carbocycles. The van der Waals surface area contributed by atoms with Crippen molar-refractivity contribution in [3.05, 3.63) is 59.5 Å². The van der Waals surface area contributed by atoms with Gasteiger partial charge in [0, 0.05) is 11.5 Å². The van der Waals surface area contributed by atoms with Crippen LogP contribution in [0, 0.1) is 6.92 Å². The average molecular weight is 271 g/mol. The van der Waals surface area contributed by atoms with Crippen LogP contribution in [0.4, 0.5) is 0 Å². The predicted molar refractivity (Wildman–Crippen MR) is 75.8 cm³/mol. The molecule has 94 valence electrons. The number of benzene rings is 2. The van der Waals surface area contributed by atoms with Gasteiger partial charge in [0.05, 0.1) is 0 Å². The van der Waals surface area contributed by atoms with E-state index in [0.29, 0.717) is 16.9 Å². The van der Waals surface area contributed by atoms with Crippen molar-refractivity contribution in [2.24, 2.45) is 0 Å². The Bertz CT molecular complexity index is 718. The van der Waals surface area contributed by atoms with Crippen LogP contribution in [-0.2, 0) is 0 Å². The number of aromatic nitrogens is 2. The molecule has 3 aromatic rings. The van der Waals surface area contributed by atoms with Crippen molar-refractivity contribution < 1.29 is 4.74 Å². The summed E-state index contributed by atoms with van der Waals surface area (Å²) >= 11 is 5.90. The fourth-order valence-corrected chi connectivity index (χ4v) is 2.17. The SMILES string of the molecule is Cc1nc(Cl)cc(Oc2cccc3ccccc23)n1. The molecule has 0 aliphatic heterocycles. The lowest BCUT2D eigenvalue weighted by molar-refractivity contribution is 0.465. The van der Waals surface area contributed by atoms with Crippen molar-refractivity contribution in [2.45, 2.75) is 6.92 Å². The van der Waals surface area contributed by atoms with E-state index in [4.69, 9.17) is 16.3 Å². The van der Waals surface area contributed by atoms with E-state index in [0.717, 1.165) is 16.5 Å². The van der Waals surface area contributed by atoms with E-state index in [1.54, 1.807) is 13.0 Å². The molecule has 2 aromatic carbocycles. The molecule has 0 aliphatic carbocycles. The lowest BCUT2D eigenvalue weighted by Crippen LogP contribution is -1.93. The maximum absolute atomic E-state index is 5.90. The minimum Gasteiger partial charge on any atom is -0.438 e. The molecule has 0 bridgehead atoms. The molecule has 0 unspecified atom stereocenters. The van der Waals surface area contributed by atoms with Gasteiger partial charge in [-0.1, -0.05) is 48.0 Å². The van der Waals surface area contributed by atoms with Gasteiger partial charge in [-0.2, -0.15) is 4.98 Å². The third-order valence-corrected chi connectivity index (χ3v) is 2.94. The highest BCUT2D eigenvalue weighted by molar-refractivity contribution is 6.29. The number of hydrogen-bond acceptors (Lipinski definition) is 3. The first-order valence-electron chi connectivity index (χ1n) is 5.89. The summed E-state index contributed by atoms with van der Waals surface area (Å²) < 4.78 is 5.82. The molecule has 0 saturated heterocycles. The molecule has 3 nitrogen and oxygen atoms in total. The van der Waals surface area contributed by atoms with Gasteiger partial charge in [-0.25, -0.2) is 4.98 Å². The second-order valence-electron chi connectivity index (χ2n) is 4.16. The molecule has 0 spiro atoms. The van der Waals surface area contributed by atoms with Gasteiger partial charge < -0.3 is 4.74 Å². The van der Waals surface area contributed by atoms with Crippen LogP contribution in [-0.4, -0.2) is 9.97 Å². The fraction of sp³-hybridized carbons (Fsp3) is 0.0667. The van der Waals surface area contributed by atoms with Crippen LogP contribution in [0.5, 0.6) is 11.6 Å². The Morgan fingerprint density at radius 2 is 1.79 bits per heavy atom. The Kier molecular flexibility index (Phi) is 3.05. The first kappa shape index (κ1) is 11.9. The molecular formula is C15H11ClN2O. The van der Waals surface area contributed by atoms with Gasteiger partial charge in [0.2, 0.25) is 5.88 Å². The summed E-state index contributed by atoms with van der Waals surface area (Å²) in [6, 6.07) is 15.5. The second kappa shape index (κ2) is 4.86. The van der Waals surface area contributed by atoms with Gasteiger partial charge in [0.15, 0.2) is 0 Å². The summed E-state index contributed by atoms with van der Waals surface area (Å²) in [7, 11) is 0. The van der Waals surface area contributed by atoms with Crippen LogP contribution >= 0.6 is 11.6 Å². The van der Waals surface area contributed by atoms with Crippen molar-refractivity contribution in [1.29, 1.82) is 0 Å². The molecule has 1 aromatic heterocycles. The first-order chi connectivity index (χ1) is 9.22. The molecule has 0 N–H and O–H groups in total. The molecule has 0 amide bonds. The molecule has 4 heteroatoms. The average Bonchev–Trinajstić information content (AvgIpc) is 2.38. The Balaban J connectivity index is 2.05. The summed E-state index contributed by atoms with van der Waals surface area (Å²) in [5, 5.41) is 2.54. The molecule has 0 fully saturated rings. The van der Waals surface area contributed by atoms with Gasteiger partial charge in [0.25, 0.3) is 0 Å². The molecule has 0 aliphatic rings. The number of halogens is 1. The standard InChI is InChI=1S/C15H11ClN2O/c1-10-17-14(16)9-15(18-10)19-13-8-4-6-11-5-2-3-7-12(11)13/h2-9H,1H3. The van der Waals surface area contributed by atoms with Gasteiger partial charge in [-0.3, -0.25) is 0 Å². The zero-order valence-electron chi connectivity index (χ0n) is 10.3. The third-order valence-electron chi connectivity index (χ3n) is 2.75. The summed E-state index contributed by atoms with van der Waals surface area (Å²) in [4.78, 5) is 8.23. The van der Waals surface area contributed by atoms with Gasteiger partial charge in [0.1, 0.15) is 16.7 Å². The Hall–Kier alpha value is -2.13. The van der Waals surface area contributed by atoms with Crippen molar-refractivity contribution in [1.82, 2.24) is 9.97 Å². The van der Waals surface area contributed by atoms with Crippen molar-refractivity contribution in [3.8, 4) is 11.6 Å². The number of aryl methyl sites for hydroxylation is 1. The summed E-state index contributed by atoms with van der Waals surface area (Å²) in [6.07, 6.45) is 0. The summed E-state index contributed by atoms with van der Waals surface area (Å²) in [5.74, 6) is 1.80. The van der Waals surface area contributed by atoms with Gasteiger partial charge in [-0.15, -0.1) is 0 Å². The maximum atomic E-state index is 5.90. The fourth-order valence-electron chi connectivity index (χ4n) is 1.96. The number of fused-ring (bicyclic) bond motifs is 1. The molecule has 0 atom stereocenters. The van der Waals surface area contributed by atoms with Crippen molar-refractivity contribution in [3.63, 3.8) is 0 Å². The normalized spacial score (nSPS) is 10.6. The number of hydrogen-bond donors (Lipinski definition) is 0. The number of ether oxygens (including phenoxy) is 1. The largest absolute Gasteiger partial charge is 0.438 e. The first-order valence-corrected chi connectivity index (χ1v) is 6.27. The van der Waals surface area contributed by atoms with E-state index in [-0.39, 0.29) is 0 Å². The lowest BCUT2D eigenvalue weighted by Gasteiger charge is -2.08. The van der Waals surface area contributed by atoms with Crippen LogP contribution in [0.2, 0.25) is 5.15 Å². The number of rotatable bonds is 2. The Labute approximate surface area is 115 Å². The topological polar surface area (TPSA) is 35.0 Å². The van der Waals surface area contributed by atoms with Crippen LogP contribution in [0.1, 0.15) is 5.82 Å². The van der Waals surface area contributed by atoms with Gasteiger partial charge in [-0.05, 0) is 18.4 Å². The van der Waals surface area contributed by atoms with Gasteiger partial charge >= 0.3 is 0 Å². The monoisotopic (exact) mass is 270 g/mol. The van der Waals surface area contributed by atoms with E-state index in [1.807, 2.05) is 42.5 Å². The molecule has 19 heavy (non-hydrogen) atoms. The minimum atomic E-state index is 0.378. The highest BCUT2D eigenvalue weighted by Crippen LogP contribution is 2.29. The molecule has 3 rings (SSSR count). The lowest BCUT2D eigenvalue weighted by atomic mass is 10.1. The molecule has 0 radical (unpaired) electrons. The molecule has 1 heterocycles. The van der Waals surface area contributed by atoms with Crippen LogP contribution < -0.4 is 4.74 Å². The predicted octanol–water partition coefficient (Wildman–Crippen LogP) is 4.38. The van der Waals surface area contributed by atoms with Crippen LogP contribution in [0.25, 0.3) is 10.8 Å². The maximum Gasteiger partial charge on any atom is 0.224 e. The zero-order valence-corrected chi connectivity index (χ0v) is 11.1. The highest BCUT2D eigenvalue weighted by atomic mass is 35.5. The van der Waals surface area contributed by atoms with E-state index >= 15 is 0 Å². The Morgan fingerprint density at radius 1 is 1.00 bits per heavy atom. The van der Waals surface area contributed by atoms with Crippen LogP contribution in [0.15, 0.2) is 48.5 Å². The van der Waals surface area contributed by atoms with E-state index in [9.17, 15) is 0 Å². The van der Waals surface area contributed by atoms with Crippen molar-refractivity contribution >= 4 is 22.4 Å². The smallest absolute Gasteiger partial charge is 0.224 e. The third kappa shape index (κ3) is 2.51. The zero-order chi connectivity index (χ0) is 13.2. The van der Waals surface area contributed by atoms with Crippen molar-refractivity contribution in [2.75, 3.05) is 0 Å². The summed E-state index contributed by atoms with van der Waals surface area (Å²) in [6.45, 7) is 1.78. The van der Waals surface area contributed by atoms with E-state index < -0.39 is 0 Å². The second-order valence-corrected chi connectivity index (χ2v) is 4.54. The quantitative estimate of drug-likeness (QED) is 0.648. The van der Waals surface area contributed by atoms with Crippen LogP contribution in [0.3, 0.4) is 0 Å². The molecular weight excluding hydrogens is 260 g/mol. The van der Waals surface area contributed by atoms with E-state index in [2.05, 4.69) is 9.97 Å². The van der Waals surface area contributed by atoms with E-state index in [1.165, 1.54) is 0 Å². The summed E-state index contributed by atoms with van der Waals surface area (Å²) in [5.41, 5.74) is 0. The number of nitrogens with zero attached hydrogens (tertiary/aromatic N) is 2. The Morgan fingerprint density at radius 3 is 2.63 bits per heavy atom.